The number of aliphatic carboxylic acids is 1. The van der Waals surface area contributed by atoms with Crippen molar-refractivity contribution in [2.45, 2.75) is 44.6 Å². The van der Waals surface area contributed by atoms with E-state index >= 15 is 0 Å². The van der Waals surface area contributed by atoms with E-state index in [-0.39, 0.29) is 25.0 Å². The second-order valence-corrected chi connectivity index (χ2v) is 8.84. The van der Waals surface area contributed by atoms with Gasteiger partial charge in [0.05, 0.1) is 5.92 Å². The molecule has 2 unspecified atom stereocenters. The molecule has 2 aromatic carbocycles. The first-order valence-corrected chi connectivity index (χ1v) is 11.6. The normalized spacial score (nSPS) is 18.6. The number of carboxylic acids is 1. The van der Waals surface area contributed by atoms with Crippen molar-refractivity contribution in [3.8, 4) is 11.1 Å². The SMILES string of the molecule is CC(CNC(=O)OCC1c2ccccc2-c2ccccc21)C(=O)N1CCCCCC1C(=O)O. The van der Waals surface area contributed by atoms with Gasteiger partial charge in [-0.05, 0) is 35.1 Å². The Morgan fingerprint density at radius 3 is 2.30 bits per heavy atom. The van der Waals surface area contributed by atoms with Gasteiger partial charge >= 0.3 is 12.1 Å². The first-order chi connectivity index (χ1) is 16.0. The van der Waals surface area contributed by atoms with Crippen LogP contribution in [0.2, 0.25) is 0 Å². The number of fused-ring (bicyclic) bond motifs is 3. The number of hydrogen-bond acceptors (Lipinski definition) is 4. The maximum Gasteiger partial charge on any atom is 0.407 e. The zero-order valence-corrected chi connectivity index (χ0v) is 18.8. The van der Waals surface area contributed by atoms with Crippen molar-refractivity contribution >= 4 is 18.0 Å². The highest BCUT2D eigenvalue weighted by atomic mass is 16.5. The van der Waals surface area contributed by atoms with E-state index in [1.54, 1.807) is 6.92 Å². The zero-order chi connectivity index (χ0) is 23.4. The summed E-state index contributed by atoms with van der Waals surface area (Å²) in [6, 6.07) is 15.5. The standard InChI is InChI=1S/C26H30N2O5/c1-17(24(29)28-14-8-2-3-13-23(28)25(30)31)15-27-26(32)33-16-22-20-11-6-4-9-18(20)19-10-5-7-12-21(19)22/h4-7,9-12,17,22-23H,2-3,8,13-16H2,1H3,(H,27,32)(H,30,31). The van der Waals surface area contributed by atoms with E-state index in [0.29, 0.717) is 13.0 Å². The monoisotopic (exact) mass is 450 g/mol. The average Bonchev–Trinajstić information content (AvgIpc) is 2.96. The molecule has 2 atom stereocenters. The minimum atomic E-state index is -0.970. The predicted molar refractivity (Wildman–Crippen MR) is 124 cm³/mol. The number of amides is 2. The molecule has 1 fully saturated rings. The van der Waals surface area contributed by atoms with Gasteiger partial charge in [0.2, 0.25) is 5.91 Å². The Morgan fingerprint density at radius 1 is 1.03 bits per heavy atom. The molecule has 2 N–H and O–H groups in total. The molecule has 7 nitrogen and oxygen atoms in total. The van der Waals surface area contributed by atoms with Gasteiger partial charge in [0.1, 0.15) is 12.6 Å². The van der Waals surface area contributed by atoms with E-state index in [4.69, 9.17) is 4.74 Å². The smallest absolute Gasteiger partial charge is 0.407 e. The Labute approximate surface area is 193 Å². The first-order valence-electron chi connectivity index (χ1n) is 11.6. The van der Waals surface area contributed by atoms with Gasteiger partial charge in [0.15, 0.2) is 0 Å². The fraction of sp³-hybridized carbons (Fsp3) is 0.423. The molecule has 0 saturated carbocycles. The van der Waals surface area contributed by atoms with Crippen molar-refractivity contribution in [1.29, 1.82) is 0 Å². The predicted octanol–water partition coefficient (Wildman–Crippen LogP) is 4.02. The molecule has 4 rings (SSSR count). The summed E-state index contributed by atoms with van der Waals surface area (Å²) in [6.07, 6.45) is 2.39. The van der Waals surface area contributed by atoms with E-state index in [1.807, 2.05) is 24.3 Å². The van der Waals surface area contributed by atoms with Crippen molar-refractivity contribution < 1.29 is 24.2 Å². The summed E-state index contributed by atoms with van der Waals surface area (Å²) < 4.78 is 5.53. The van der Waals surface area contributed by atoms with Gasteiger partial charge in [-0.3, -0.25) is 4.79 Å². The molecule has 1 aliphatic heterocycles. The van der Waals surface area contributed by atoms with E-state index < -0.39 is 24.0 Å². The Morgan fingerprint density at radius 2 is 1.67 bits per heavy atom. The first kappa shape index (κ1) is 22.8. The molecule has 0 aromatic heterocycles. The third-order valence-corrected chi connectivity index (χ3v) is 6.64. The van der Waals surface area contributed by atoms with Crippen LogP contribution in [0.25, 0.3) is 11.1 Å². The Hall–Kier alpha value is -3.35. The minimum Gasteiger partial charge on any atom is -0.480 e. The quantitative estimate of drug-likeness (QED) is 0.693. The number of ether oxygens (including phenoxy) is 1. The van der Waals surface area contributed by atoms with Gasteiger partial charge in [0.25, 0.3) is 0 Å². The number of carbonyl (C=O) groups excluding carboxylic acids is 2. The molecule has 1 saturated heterocycles. The highest BCUT2D eigenvalue weighted by molar-refractivity contribution is 5.85. The summed E-state index contributed by atoms with van der Waals surface area (Å²) in [4.78, 5) is 38.4. The number of benzene rings is 2. The molecule has 0 spiro atoms. The van der Waals surface area contributed by atoms with E-state index in [0.717, 1.165) is 41.5 Å². The van der Waals surface area contributed by atoms with Crippen LogP contribution in [0.15, 0.2) is 48.5 Å². The van der Waals surface area contributed by atoms with Gasteiger partial charge in [-0.25, -0.2) is 9.59 Å². The Kier molecular flexibility index (Phi) is 6.96. The number of alkyl carbamates (subject to hydrolysis) is 1. The number of rotatable bonds is 6. The van der Waals surface area contributed by atoms with Crippen molar-refractivity contribution in [2.24, 2.45) is 5.92 Å². The molecule has 0 radical (unpaired) electrons. The van der Waals surface area contributed by atoms with Gasteiger partial charge < -0.3 is 20.1 Å². The molecule has 7 heteroatoms. The van der Waals surface area contributed by atoms with Crippen LogP contribution >= 0.6 is 0 Å². The maximum absolute atomic E-state index is 12.9. The molecular weight excluding hydrogens is 420 g/mol. The largest absolute Gasteiger partial charge is 0.480 e. The fourth-order valence-electron chi connectivity index (χ4n) is 4.89. The zero-order valence-electron chi connectivity index (χ0n) is 18.8. The third-order valence-electron chi connectivity index (χ3n) is 6.64. The number of nitrogens with one attached hydrogen (secondary N) is 1. The highest BCUT2D eigenvalue weighted by Crippen LogP contribution is 2.44. The molecule has 0 bridgehead atoms. The van der Waals surface area contributed by atoms with Crippen LogP contribution in [-0.2, 0) is 14.3 Å². The lowest BCUT2D eigenvalue weighted by Crippen LogP contribution is -2.48. The summed E-state index contributed by atoms with van der Waals surface area (Å²) >= 11 is 0. The van der Waals surface area contributed by atoms with Gasteiger partial charge in [-0.1, -0.05) is 68.3 Å². The number of hydrogen-bond donors (Lipinski definition) is 2. The van der Waals surface area contributed by atoms with Crippen molar-refractivity contribution in [1.82, 2.24) is 10.2 Å². The average molecular weight is 451 g/mol. The van der Waals surface area contributed by atoms with E-state index in [2.05, 4.69) is 29.6 Å². The second-order valence-electron chi connectivity index (χ2n) is 8.84. The topological polar surface area (TPSA) is 95.9 Å². The molecule has 33 heavy (non-hydrogen) atoms. The Bertz CT molecular complexity index is 991. The molecule has 174 valence electrons. The van der Waals surface area contributed by atoms with E-state index in [9.17, 15) is 19.5 Å². The lowest BCUT2D eigenvalue weighted by Gasteiger charge is -2.29. The molecular formula is C26H30N2O5. The molecule has 2 aromatic rings. The van der Waals surface area contributed by atoms with Crippen molar-refractivity contribution in [2.75, 3.05) is 19.7 Å². The number of likely N-dealkylation sites (tertiary alicyclic amines) is 1. The highest BCUT2D eigenvalue weighted by Gasteiger charge is 2.33. The van der Waals surface area contributed by atoms with Crippen molar-refractivity contribution in [3.05, 3.63) is 59.7 Å². The molecule has 2 amide bonds. The molecule has 1 aliphatic carbocycles. The van der Waals surface area contributed by atoms with Gasteiger partial charge in [-0.2, -0.15) is 0 Å². The van der Waals surface area contributed by atoms with Gasteiger partial charge in [-0.15, -0.1) is 0 Å². The summed E-state index contributed by atoms with van der Waals surface area (Å²) in [5.74, 6) is -1.79. The number of nitrogens with zero attached hydrogens (tertiary/aromatic N) is 1. The van der Waals surface area contributed by atoms with Crippen molar-refractivity contribution in [3.63, 3.8) is 0 Å². The Balaban J connectivity index is 1.32. The summed E-state index contributed by atoms with van der Waals surface area (Å²) in [6.45, 7) is 2.44. The summed E-state index contributed by atoms with van der Waals surface area (Å²) in [5, 5.41) is 12.2. The van der Waals surface area contributed by atoms with Crippen LogP contribution in [0.1, 0.15) is 49.7 Å². The fourth-order valence-corrected chi connectivity index (χ4v) is 4.89. The van der Waals surface area contributed by atoms with Crippen LogP contribution in [0, 0.1) is 5.92 Å². The number of carboxylic acid groups (broad SMARTS) is 1. The lowest BCUT2D eigenvalue weighted by molar-refractivity contribution is -0.151. The summed E-state index contributed by atoms with van der Waals surface area (Å²) in [7, 11) is 0. The van der Waals surface area contributed by atoms with Crippen LogP contribution in [-0.4, -0.2) is 53.7 Å². The summed E-state index contributed by atoms with van der Waals surface area (Å²) in [5.41, 5.74) is 4.59. The van der Waals surface area contributed by atoms with E-state index in [1.165, 1.54) is 4.90 Å². The maximum atomic E-state index is 12.9. The molecule has 1 heterocycles. The third kappa shape index (κ3) is 4.87. The van der Waals surface area contributed by atoms with Gasteiger partial charge in [0, 0.05) is 19.0 Å². The second kappa shape index (κ2) is 10.1. The minimum absolute atomic E-state index is 0.0318. The lowest BCUT2D eigenvalue weighted by atomic mass is 9.98. The van der Waals surface area contributed by atoms with Crippen LogP contribution < -0.4 is 5.32 Å². The van der Waals surface area contributed by atoms with Crippen LogP contribution in [0.5, 0.6) is 0 Å². The number of carbonyl (C=O) groups is 3. The molecule has 2 aliphatic rings. The van der Waals surface area contributed by atoms with Crippen LogP contribution in [0.3, 0.4) is 0 Å². The van der Waals surface area contributed by atoms with Crippen LogP contribution in [0.4, 0.5) is 4.79 Å².